The quantitative estimate of drug-likeness (QED) is 0.380. The maximum atomic E-state index is 6.06. The predicted molar refractivity (Wildman–Crippen MR) is 121 cm³/mol. The number of aryl methyl sites for hydroxylation is 1. The molecule has 2 atom stereocenters. The normalized spacial score (nSPS) is 16.5. The van der Waals surface area contributed by atoms with Gasteiger partial charge in [-0.1, -0.05) is 68.8 Å². The molecule has 0 aromatic heterocycles. The molecule has 2 unspecified atom stereocenters. The van der Waals surface area contributed by atoms with Gasteiger partial charge in [0.25, 0.3) is 0 Å². The molecule has 0 heterocycles. The van der Waals surface area contributed by atoms with E-state index in [0.29, 0.717) is 14.5 Å². The zero-order valence-electron chi connectivity index (χ0n) is 16.8. The third kappa shape index (κ3) is 5.41. The van der Waals surface area contributed by atoms with Crippen molar-refractivity contribution in [2.45, 2.75) is 19.8 Å². The van der Waals surface area contributed by atoms with E-state index < -0.39 is 0 Å². The van der Waals surface area contributed by atoms with Gasteiger partial charge in [0.15, 0.2) is 6.79 Å². The van der Waals surface area contributed by atoms with E-state index in [4.69, 9.17) is 9.47 Å². The molecule has 1 aliphatic carbocycles. The van der Waals surface area contributed by atoms with Gasteiger partial charge in [-0.2, -0.15) is 0 Å². The summed E-state index contributed by atoms with van der Waals surface area (Å²) in [6.45, 7) is 2.37. The maximum Gasteiger partial charge on any atom is 0.188 e. The van der Waals surface area contributed by atoms with Crippen molar-refractivity contribution in [3.63, 3.8) is 0 Å². The van der Waals surface area contributed by atoms with Crippen LogP contribution in [0.4, 0.5) is 0 Å². The van der Waals surface area contributed by atoms with Crippen LogP contribution in [0.1, 0.15) is 23.1 Å². The molecule has 4 heteroatoms. The molecule has 0 fully saturated rings. The van der Waals surface area contributed by atoms with Crippen LogP contribution in [0.25, 0.3) is 0 Å². The van der Waals surface area contributed by atoms with E-state index in [0.717, 1.165) is 18.6 Å². The number of allylic oxidation sites excluding steroid dienone is 4. The van der Waals surface area contributed by atoms with Crippen molar-refractivity contribution in [1.29, 1.82) is 0 Å². The van der Waals surface area contributed by atoms with Gasteiger partial charge in [0, 0.05) is 31.2 Å². The fourth-order valence-electron chi connectivity index (χ4n) is 3.38. The van der Waals surface area contributed by atoms with Gasteiger partial charge in [0.05, 0.1) is 0 Å². The molecular formula is C24H28NO2P. The number of benzene rings is 2. The smallest absolute Gasteiger partial charge is 0.188 e. The van der Waals surface area contributed by atoms with E-state index >= 15 is 0 Å². The number of nitrogens with zero attached hydrogens (tertiary/aromatic N) is 1. The standard InChI is InChI=1S/C24H28NO2P/c1-18-12-13-22(21(14-18)16-25-2)28-23-11-7-10-20(24(23)27-17-26-3)15-19-8-5-4-6-9-19/h4-8,10-14,16,19,28H,9,15,17H2,1-3H3. The minimum Gasteiger partial charge on any atom is -0.467 e. The molecule has 0 amide bonds. The minimum atomic E-state index is 0.256. The molecule has 0 radical (unpaired) electrons. The van der Waals surface area contributed by atoms with Gasteiger partial charge in [-0.15, -0.1) is 0 Å². The third-order valence-electron chi connectivity index (χ3n) is 4.71. The average molecular weight is 393 g/mol. The van der Waals surface area contributed by atoms with E-state index in [-0.39, 0.29) is 6.79 Å². The first-order valence-corrected chi connectivity index (χ1v) is 10.6. The Kier molecular flexibility index (Phi) is 7.59. The van der Waals surface area contributed by atoms with Gasteiger partial charge in [0.2, 0.25) is 0 Å². The number of aliphatic imine (C=N–C) groups is 1. The highest BCUT2D eigenvalue weighted by Gasteiger charge is 2.15. The predicted octanol–water partition coefficient (Wildman–Crippen LogP) is 4.33. The Morgan fingerprint density at radius 2 is 2.07 bits per heavy atom. The third-order valence-corrected chi connectivity index (χ3v) is 6.10. The van der Waals surface area contributed by atoms with Crippen LogP contribution in [0, 0.1) is 12.8 Å². The Balaban J connectivity index is 1.92. The Morgan fingerprint density at radius 1 is 1.18 bits per heavy atom. The number of ether oxygens (including phenoxy) is 2. The SMILES string of the molecule is CN=Cc1cc(C)ccc1Pc1cccc(CC2C=CC=CC2)c1OCOC. The second-order valence-electron chi connectivity index (χ2n) is 6.96. The van der Waals surface area contributed by atoms with Crippen molar-refractivity contribution in [2.75, 3.05) is 21.0 Å². The molecule has 0 saturated carbocycles. The minimum absolute atomic E-state index is 0.256. The van der Waals surface area contributed by atoms with Crippen molar-refractivity contribution in [3.05, 3.63) is 77.4 Å². The molecular weight excluding hydrogens is 365 g/mol. The summed E-state index contributed by atoms with van der Waals surface area (Å²) in [5.41, 5.74) is 3.65. The van der Waals surface area contributed by atoms with Crippen molar-refractivity contribution in [1.82, 2.24) is 0 Å². The summed E-state index contributed by atoms with van der Waals surface area (Å²) in [7, 11) is 3.97. The summed E-state index contributed by atoms with van der Waals surface area (Å²) in [5, 5.41) is 2.48. The summed E-state index contributed by atoms with van der Waals surface area (Å²) in [5.74, 6) is 1.47. The van der Waals surface area contributed by atoms with Crippen molar-refractivity contribution in [3.8, 4) is 5.75 Å². The largest absolute Gasteiger partial charge is 0.467 e. The van der Waals surface area contributed by atoms with E-state index in [1.165, 1.54) is 27.3 Å². The maximum absolute atomic E-state index is 6.06. The highest BCUT2D eigenvalue weighted by molar-refractivity contribution is 7.56. The van der Waals surface area contributed by atoms with Gasteiger partial charge < -0.3 is 9.47 Å². The number of para-hydroxylation sites is 1. The number of rotatable bonds is 8. The van der Waals surface area contributed by atoms with Crippen LogP contribution in [0.5, 0.6) is 5.75 Å². The van der Waals surface area contributed by atoms with Crippen LogP contribution in [-0.4, -0.2) is 27.2 Å². The summed E-state index contributed by atoms with van der Waals surface area (Å²) in [6, 6.07) is 13.0. The topological polar surface area (TPSA) is 30.8 Å². The number of methoxy groups -OCH3 is 1. The van der Waals surface area contributed by atoms with E-state index in [1.54, 1.807) is 7.11 Å². The van der Waals surface area contributed by atoms with Crippen LogP contribution in [0.2, 0.25) is 0 Å². The molecule has 3 nitrogen and oxygen atoms in total. The first-order chi connectivity index (χ1) is 13.7. The highest BCUT2D eigenvalue weighted by Crippen LogP contribution is 2.28. The second-order valence-corrected chi connectivity index (χ2v) is 8.29. The van der Waals surface area contributed by atoms with Gasteiger partial charge in [-0.25, -0.2) is 0 Å². The zero-order chi connectivity index (χ0) is 19.8. The number of hydrogen-bond acceptors (Lipinski definition) is 3. The van der Waals surface area contributed by atoms with Gasteiger partial charge >= 0.3 is 0 Å². The fraction of sp³-hybridized carbons (Fsp3) is 0.292. The van der Waals surface area contributed by atoms with Crippen molar-refractivity contribution >= 4 is 25.4 Å². The molecule has 0 aliphatic heterocycles. The van der Waals surface area contributed by atoms with Crippen LogP contribution in [0.3, 0.4) is 0 Å². The monoisotopic (exact) mass is 393 g/mol. The van der Waals surface area contributed by atoms with Crippen LogP contribution >= 0.6 is 8.58 Å². The van der Waals surface area contributed by atoms with Gasteiger partial charge in [-0.05, 0) is 42.6 Å². The Hall–Kier alpha value is -2.22. The van der Waals surface area contributed by atoms with Gasteiger partial charge in [-0.3, -0.25) is 4.99 Å². The average Bonchev–Trinajstić information content (AvgIpc) is 2.70. The number of hydrogen-bond donors (Lipinski definition) is 0. The van der Waals surface area contributed by atoms with E-state index in [2.05, 4.69) is 72.6 Å². The molecule has 0 N–H and O–H groups in total. The van der Waals surface area contributed by atoms with Crippen molar-refractivity contribution < 1.29 is 9.47 Å². The highest BCUT2D eigenvalue weighted by atomic mass is 31.1. The molecule has 0 bridgehead atoms. The molecule has 2 aromatic rings. The van der Waals surface area contributed by atoms with Crippen LogP contribution in [-0.2, 0) is 11.2 Å². The fourth-order valence-corrected chi connectivity index (χ4v) is 4.65. The lowest BCUT2D eigenvalue weighted by molar-refractivity contribution is 0.0511. The summed E-state index contributed by atoms with van der Waals surface area (Å²) in [6.07, 6.45) is 12.7. The lowest BCUT2D eigenvalue weighted by atomic mass is 9.93. The van der Waals surface area contributed by atoms with Crippen LogP contribution < -0.4 is 15.3 Å². The Bertz CT molecular complexity index is 886. The summed E-state index contributed by atoms with van der Waals surface area (Å²) < 4.78 is 11.3. The van der Waals surface area contributed by atoms with Gasteiger partial charge in [0.1, 0.15) is 5.75 Å². The molecule has 2 aromatic carbocycles. The second kappa shape index (κ2) is 10.4. The molecule has 28 heavy (non-hydrogen) atoms. The Morgan fingerprint density at radius 3 is 2.82 bits per heavy atom. The Labute approximate surface area is 170 Å². The first-order valence-electron chi connectivity index (χ1n) is 9.58. The first kappa shape index (κ1) is 20.5. The lowest BCUT2D eigenvalue weighted by Crippen LogP contribution is -2.16. The molecule has 0 saturated heterocycles. The molecule has 146 valence electrons. The summed E-state index contributed by atoms with van der Waals surface area (Å²) >= 11 is 0. The van der Waals surface area contributed by atoms with E-state index in [1.807, 2.05) is 13.3 Å². The van der Waals surface area contributed by atoms with Crippen molar-refractivity contribution in [2.24, 2.45) is 10.9 Å². The lowest BCUT2D eigenvalue weighted by Gasteiger charge is -2.19. The molecule has 0 spiro atoms. The van der Waals surface area contributed by atoms with Crippen LogP contribution in [0.15, 0.2) is 65.7 Å². The summed E-state index contributed by atoms with van der Waals surface area (Å²) in [4.78, 5) is 4.23. The molecule has 3 rings (SSSR count). The van der Waals surface area contributed by atoms with E-state index in [9.17, 15) is 0 Å². The zero-order valence-corrected chi connectivity index (χ0v) is 17.8. The molecule has 1 aliphatic rings.